The second-order valence-corrected chi connectivity index (χ2v) is 6.79. The number of hydrogen-bond donors (Lipinski definition) is 0. The molecule has 5 nitrogen and oxygen atoms in total. The van der Waals surface area contributed by atoms with Gasteiger partial charge in [0.15, 0.2) is 6.10 Å². The lowest BCUT2D eigenvalue weighted by Crippen LogP contribution is -2.30. The summed E-state index contributed by atoms with van der Waals surface area (Å²) in [5.41, 5.74) is -2.29. The minimum Gasteiger partial charge on any atom is -0.490 e. The summed E-state index contributed by atoms with van der Waals surface area (Å²) in [6.07, 6.45) is -10.3. The number of ether oxygens (including phenoxy) is 3. The van der Waals surface area contributed by atoms with Crippen LogP contribution in [0.5, 0.6) is 11.5 Å². The number of halogens is 6. The van der Waals surface area contributed by atoms with Gasteiger partial charge in [-0.25, -0.2) is 0 Å². The highest BCUT2D eigenvalue weighted by atomic mass is 19.4. The molecule has 0 aromatic heterocycles. The second kappa shape index (κ2) is 9.08. The van der Waals surface area contributed by atoms with Crippen molar-refractivity contribution < 1.29 is 40.6 Å². The van der Waals surface area contributed by atoms with Gasteiger partial charge in [0.25, 0.3) is 0 Å². The van der Waals surface area contributed by atoms with E-state index in [4.69, 9.17) is 19.5 Å². The van der Waals surface area contributed by atoms with Gasteiger partial charge < -0.3 is 14.2 Å². The monoisotopic (exact) mass is 458 g/mol. The summed E-state index contributed by atoms with van der Waals surface area (Å²) in [7, 11) is 1.33. The van der Waals surface area contributed by atoms with Crippen molar-refractivity contribution in [2.24, 2.45) is 4.99 Å². The first-order valence-electron chi connectivity index (χ1n) is 9.17. The minimum atomic E-state index is -4.76. The van der Waals surface area contributed by atoms with Crippen LogP contribution < -0.4 is 9.47 Å². The molecular formula is C21H16F6N2O3. The third-order valence-corrected chi connectivity index (χ3v) is 4.43. The fraction of sp³-hybridized carbons (Fsp3) is 0.333. The zero-order chi connectivity index (χ0) is 23.5. The SMILES string of the molecule is COCC(COc1ccc(C#N)c(C(F)(F)F)c1)Oc1ccc(C2=NC2)c(C(F)(F)F)c1. The van der Waals surface area contributed by atoms with Gasteiger partial charge in [-0.3, -0.25) is 4.99 Å². The first-order chi connectivity index (χ1) is 15.0. The molecule has 11 heteroatoms. The van der Waals surface area contributed by atoms with E-state index in [9.17, 15) is 26.3 Å². The Kier molecular flexibility index (Phi) is 6.64. The molecule has 0 saturated carbocycles. The van der Waals surface area contributed by atoms with Crippen molar-refractivity contribution in [3.63, 3.8) is 0 Å². The second-order valence-electron chi connectivity index (χ2n) is 6.79. The summed E-state index contributed by atoms with van der Waals surface area (Å²) < 4.78 is 95.3. The highest BCUT2D eigenvalue weighted by molar-refractivity contribution is 6.11. The van der Waals surface area contributed by atoms with Gasteiger partial charge >= 0.3 is 12.4 Å². The Labute approximate surface area is 178 Å². The molecule has 1 aliphatic heterocycles. The Morgan fingerprint density at radius 1 is 0.969 bits per heavy atom. The number of methoxy groups -OCH3 is 1. The van der Waals surface area contributed by atoms with E-state index in [-0.39, 0.29) is 36.8 Å². The number of alkyl halides is 6. The molecule has 0 spiro atoms. The molecule has 0 amide bonds. The average molecular weight is 458 g/mol. The summed E-state index contributed by atoms with van der Waals surface area (Å²) in [5, 5.41) is 8.85. The number of aliphatic imine (C=N–C) groups is 1. The molecule has 1 atom stereocenters. The minimum absolute atomic E-state index is 0.0262. The quantitative estimate of drug-likeness (QED) is 0.530. The van der Waals surface area contributed by atoms with E-state index in [2.05, 4.69) is 4.99 Å². The Bertz CT molecular complexity index is 1060. The van der Waals surface area contributed by atoms with Crippen LogP contribution in [0.4, 0.5) is 26.3 Å². The van der Waals surface area contributed by atoms with E-state index in [1.807, 2.05) is 0 Å². The van der Waals surface area contributed by atoms with Crippen LogP contribution in [0.25, 0.3) is 0 Å². The summed E-state index contributed by atoms with van der Waals surface area (Å²) in [4.78, 5) is 3.80. The zero-order valence-corrected chi connectivity index (χ0v) is 16.5. The smallest absolute Gasteiger partial charge is 0.417 e. The fourth-order valence-corrected chi connectivity index (χ4v) is 2.92. The van der Waals surface area contributed by atoms with Crippen molar-refractivity contribution in [3.05, 3.63) is 58.7 Å². The van der Waals surface area contributed by atoms with Crippen molar-refractivity contribution in [3.8, 4) is 17.6 Å². The third kappa shape index (κ3) is 5.70. The molecule has 0 radical (unpaired) electrons. The molecule has 0 fully saturated rings. The fourth-order valence-electron chi connectivity index (χ4n) is 2.92. The van der Waals surface area contributed by atoms with Gasteiger partial charge in [0.05, 0.1) is 41.6 Å². The normalized spacial score (nSPS) is 14.4. The van der Waals surface area contributed by atoms with Crippen molar-refractivity contribution in [2.45, 2.75) is 18.5 Å². The van der Waals surface area contributed by atoms with E-state index in [1.165, 1.54) is 31.4 Å². The Morgan fingerprint density at radius 2 is 1.59 bits per heavy atom. The number of hydrogen-bond acceptors (Lipinski definition) is 5. The van der Waals surface area contributed by atoms with Gasteiger partial charge in [0, 0.05) is 12.7 Å². The molecule has 1 heterocycles. The van der Waals surface area contributed by atoms with Gasteiger partial charge in [-0.1, -0.05) is 0 Å². The molecule has 170 valence electrons. The van der Waals surface area contributed by atoms with E-state index in [0.717, 1.165) is 12.1 Å². The number of nitriles is 1. The lowest BCUT2D eigenvalue weighted by atomic mass is 10.0. The molecule has 2 aromatic carbocycles. The molecule has 1 aliphatic rings. The molecule has 0 bridgehead atoms. The first-order valence-corrected chi connectivity index (χ1v) is 9.17. The van der Waals surface area contributed by atoms with Crippen molar-refractivity contribution in [1.29, 1.82) is 5.26 Å². The van der Waals surface area contributed by atoms with Gasteiger partial charge in [-0.15, -0.1) is 0 Å². The molecular weight excluding hydrogens is 442 g/mol. The van der Waals surface area contributed by atoms with Crippen LogP contribution in [0.1, 0.15) is 22.3 Å². The largest absolute Gasteiger partial charge is 0.490 e. The third-order valence-electron chi connectivity index (χ3n) is 4.43. The summed E-state index contributed by atoms with van der Waals surface area (Å²) in [6, 6.07) is 7.73. The van der Waals surface area contributed by atoms with Crippen LogP contribution in [0.15, 0.2) is 41.4 Å². The first kappa shape index (κ1) is 23.4. The molecule has 0 N–H and O–H groups in total. The zero-order valence-electron chi connectivity index (χ0n) is 16.5. The van der Waals surface area contributed by atoms with Crippen LogP contribution in [-0.2, 0) is 17.1 Å². The van der Waals surface area contributed by atoms with Crippen molar-refractivity contribution in [2.75, 3.05) is 26.9 Å². The topological polar surface area (TPSA) is 63.8 Å². The maximum atomic E-state index is 13.4. The molecule has 0 saturated heterocycles. The van der Waals surface area contributed by atoms with Gasteiger partial charge in [0.2, 0.25) is 0 Å². The van der Waals surface area contributed by atoms with Crippen LogP contribution in [0.3, 0.4) is 0 Å². The maximum Gasteiger partial charge on any atom is 0.417 e. The Hall–Kier alpha value is -3.26. The standard InChI is InChI=1S/C21H16F6N2O3/c1-30-10-15(11-31-13-3-2-12(8-28)17(6-13)20(22,23)24)32-14-4-5-16(19-9-29-19)18(7-14)21(25,26)27/h2-7,15H,9-11H2,1H3. The lowest BCUT2D eigenvalue weighted by Gasteiger charge is -2.21. The molecule has 0 aliphatic carbocycles. The predicted molar refractivity (Wildman–Crippen MR) is 101 cm³/mol. The van der Waals surface area contributed by atoms with E-state index < -0.39 is 35.1 Å². The molecule has 3 rings (SSSR count). The molecule has 1 unspecified atom stereocenters. The lowest BCUT2D eigenvalue weighted by molar-refractivity contribution is -0.138. The predicted octanol–water partition coefficient (Wildman–Crippen LogP) is 4.87. The van der Waals surface area contributed by atoms with E-state index in [0.29, 0.717) is 11.8 Å². The van der Waals surface area contributed by atoms with E-state index >= 15 is 0 Å². The van der Waals surface area contributed by atoms with Crippen LogP contribution in [0, 0.1) is 11.3 Å². The molecule has 2 aromatic rings. The van der Waals surface area contributed by atoms with Crippen molar-refractivity contribution in [1.82, 2.24) is 0 Å². The van der Waals surface area contributed by atoms with Crippen LogP contribution >= 0.6 is 0 Å². The number of rotatable bonds is 8. The number of benzene rings is 2. The average Bonchev–Trinajstić information content (AvgIpc) is 3.56. The molecule has 32 heavy (non-hydrogen) atoms. The summed E-state index contributed by atoms with van der Waals surface area (Å²) >= 11 is 0. The van der Waals surface area contributed by atoms with Crippen LogP contribution in [0.2, 0.25) is 0 Å². The number of nitrogens with zero attached hydrogens (tertiary/aromatic N) is 2. The Morgan fingerprint density at radius 3 is 2.16 bits per heavy atom. The highest BCUT2D eigenvalue weighted by Crippen LogP contribution is 2.37. The highest BCUT2D eigenvalue weighted by Gasteiger charge is 2.37. The van der Waals surface area contributed by atoms with Crippen molar-refractivity contribution >= 4 is 5.71 Å². The Balaban J connectivity index is 1.76. The van der Waals surface area contributed by atoms with Crippen LogP contribution in [-0.4, -0.2) is 38.7 Å². The van der Waals surface area contributed by atoms with E-state index in [1.54, 1.807) is 0 Å². The summed E-state index contributed by atoms with van der Waals surface area (Å²) in [5.74, 6) is -0.289. The van der Waals surface area contributed by atoms with Gasteiger partial charge in [-0.05, 0) is 36.4 Å². The summed E-state index contributed by atoms with van der Waals surface area (Å²) in [6.45, 7) is -0.168. The van der Waals surface area contributed by atoms with Gasteiger partial charge in [-0.2, -0.15) is 31.6 Å². The maximum absolute atomic E-state index is 13.4. The van der Waals surface area contributed by atoms with Gasteiger partial charge in [0.1, 0.15) is 18.1 Å².